The van der Waals surface area contributed by atoms with Crippen LogP contribution < -0.4 is 10.2 Å². The molecular formula is C29H20N2O3. The predicted octanol–water partition coefficient (Wildman–Crippen LogP) is 5.98. The quantitative estimate of drug-likeness (QED) is 0.157. The molecule has 0 saturated heterocycles. The molecule has 34 heavy (non-hydrogen) atoms. The first-order chi connectivity index (χ1) is 16.7. The number of benzene rings is 5. The second-order valence-corrected chi connectivity index (χ2v) is 7.68. The summed E-state index contributed by atoms with van der Waals surface area (Å²) in [4.78, 5) is 25.5. The fraction of sp³-hybridized carbons (Fsp3) is 0. The minimum absolute atomic E-state index is 0.323. The molecular weight excluding hydrogens is 424 g/mol. The van der Waals surface area contributed by atoms with E-state index in [1.54, 1.807) is 36.4 Å². The van der Waals surface area contributed by atoms with Crippen molar-refractivity contribution < 1.29 is 14.3 Å². The van der Waals surface area contributed by atoms with Crippen LogP contribution in [0.4, 0.5) is 0 Å². The number of carbonyl (C=O) groups is 2. The first kappa shape index (κ1) is 21.1. The molecule has 0 saturated carbocycles. The van der Waals surface area contributed by atoms with Gasteiger partial charge in [0.05, 0.1) is 11.8 Å². The molecule has 0 unspecified atom stereocenters. The summed E-state index contributed by atoms with van der Waals surface area (Å²) in [5.41, 5.74) is 4.18. The van der Waals surface area contributed by atoms with Crippen LogP contribution in [-0.4, -0.2) is 18.1 Å². The van der Waals surface area contributed by atoms with Crippen LogP contribution >= 0.6 is 0 Å². The van der Waals surface area contributed by atoms with Crippen molar-refractivity contribution in [1.82, 2.24) is 5.43 Å². The highest BCUT2D eigenvalue weighted by Gasteiger charge is 2.14. The van der Waals surface area contributed by atoms with E-state index >= 15 is 0 Å². The van der Waals surface area contributed by atoms with Crippen molar-refractivity contribution in [3.8, 4) is 5.75 Å². The predicted molar refractivity (Wildman–Crippen MR) is 134 cm³/mol. The van der Waals surface area contributed by atoms with Crippen molar-refractivity contribution in [3.05, 3.63) is 126 Å². The van der Waals surface area contributed by atoms with Crippen molar-refractivity contribution in [2.75, 3.05) is 0 Å². The lowest BCUT2D eigenvalue weighted by molar-refractivity contribution is 0.0734. The highest BCUT2D eigenvalue weighted by molar-refractivity contribution is 6.08. The molecule has 1 amide bonds. The van der Waals surface area contributed by atoms with Crippen LogP contribution in [0.1, 0.15) is 26.3 Å². The van der Waals surface area contributed by atoms with Gasteiger partial charge in [-0.3, -0.25) is 4.79 Å². The van der Waals surface area contributed by atoms with E-state index in [4.69, 9.17) is 4.74 Å². The molecule has 0 heterocycles. The Balaban J connectivity index is 1.45. The number of nitrogens with zero attached hydrogens (tertiary/aromatic N) is 1. The van der Waals surface area contributed by atoms with Crippen LogP contribution in [0.25, 0.3) is 21.5 Å². The maximum Gasteiger partial charge on any atom is 0.343 e. The molecule has 0 bridgehead atoms. The molecule has 0 radical (unpaired) electrons. The molecule has 1 N–H and O–H groups in total. The Bertz CT molecular complexity index is 1540. The number of rotatable bonds is 5. The Kier molecular flexibility index (Phi) is 5.82. The lowest BCUT2D eigenvalue weighted by Crippen LogP contribution is -2.18. The maximum atomic E-state index is 12.8. The molecule has 0 spiro atoms. The number of nitrogens with one attached hydrogen (secondary N) is 1. The molecule has 5 aromatic carbocycles. The number of carbonyl (C=O) groups excluding carboxylic acids is 2. The first-order valence-corrected chi connectivity index (χ1v) is 10.8. The van der Waals surface area contributed by atoms with Gasteiger partial charge in [0.15, 0.2) is 0 Å². The zero-order valence-corrected chi connectivity index (χ0v) is 18.1. The molecule has 0 aliphatic rings. The maximum absolute atomic E-state index is 12.8. The molecule has 0 fully saturated rings. The number of ether oxygens (including phenoxy) is 1. The van der Waals surface area contributed by atoms with Gasteiger partial charge in [-0.25, -0.2) is 10.2 Å². The SMILES string of the molecule is O=C(Oc1ccc2ccccc2c1/C=N\NC(=O)c1cccc2ccccc12)c1ccccc1. The molecule has 5 nitrogen and oxygen atoms in total. The van der Waals surface area contributed by atoms with Gasteiger partial charge in [0.25, 0.3) is 5.91 Å². The third-order valence-electron chi connectivity index (χ3n) is 5.54. The molecule has 5 heteroatoms. The molecule has 0 atom stereocenters. The summed E-state index contributed by atoms with van der Waals surface area (Å²) in [5, 5.41) is 7.84. The van der Waals surface area contributed by atoms with Crippen molar-refractivity contribution in [3.63, 3.8) is 0 Å². The normalized spacial score (nSPS) is 11.1. The van der Waals surface area contributed by atoms with E-state index in [1.807, 2.05) is 72.8 Å². The topological polar surface area (TPSA) is 67.8 Å². The van der Waals surface area contributed by atoms with Crippen LogP contribution in [0.5, 0.6) is 5.75 Å². The van der Waals surface area contributed by atoms with Crippen molar-refractivity contribution in [1.29, 1.82) is 0 Å². The van der Waals surface area contributed by atoms with Gasteiger partial charge in [0.1, 0.15) is 5.75 Å². The summed E-state index contributed by atoms with van der Waals surface area (Å²) >= 11 is 0. The summed E-state index contributed by atoms with van der Waals surface area (Å²) in [6.45, 7) is 0. The number of fused-ring (bicyclic) bond motifs is 2. The Labute approximate surface area is 196 Å². The lowest BCUT2D eigenvalue weighted by Gasteiger charge is -2.11. The van der Waals surface area contributed by atoms with Gasteiger partial charge in [-0.05, 0) is 45.8 Å². The lowest BCUT2D eigenvalue weighted by atomic mass is 10.0. The average Bonchev–Trinajstić information content (AvgIpc) is 2.89. The van der Waals surface area contributed by atoms with E-state index in [-0.39, 0.29) is 5.91 Å². The van der Waals surface area contributed by atoms with Crippen molar-refractivity contribution >= 4 is 39.6 Å². The van der Waals surface area contributed by atoms with E-state index in [1.165, 1.54) is 6.21 Å². The van der Waals surface area contributed by atoms with E-state index in [0.29, 0.717) is 22.4 Å². The number of hydrazone groups is 1. The van der Waals surface area contributed by atoms with Gasteiger partial charge in [-0.2, -0.15) is 5.10 Å². The minimum atomic E-state index is -0.467. The molecule has 0 aliphatic carbocycles. The third-order valence-corrected chi connectivity index (χ3v) is 5.54. The number of esters is 1. The van der Waals surface area contributed by atoms with Crippen LogP contribution in [0.3, 0.4) is 0 Å². The third kappa shape index (κ3) is 4.27. The van der Waals surface area contributed by atoms with Crippen LogP contribution in [-0.2, 0) is 0 Å². The summed E-state index contributed by atoms with van der Waals surface area (Å²) in [6.07, 6.45) is 1.51. The van der Waals surface area contributed by atoms with E-state index in [2.05, 4.69) is 10.5 Å². The standard InChI is InChI=1S/C29H20N2O3/c32-28(25-16-8-13-20-9-4-6-14-23(20)25)31-30-19-26-24-15-7-5-10-21(24)17-18-27(26)34-29(33)22-11-2-1-3-12-22/h1-19H,(H,31,32)/b30-19-. The Morgan fingerprint density at radius 3 is 2.12 bits per heavy atom. The van der Waals surface area contributed by atoms with Crippen LogP contribution in [0.15, 0.2) is 114 Å². The first-order valence-electron chi connectivity index (χ1n) is 10.8. The van der Waals surface area contributed by atoms with Gasteiger partial charge in [0.2, 0.25) is 0 Å². The largest absolute Gasteiger partial charge is 0.422 e. The van der Waals surface area contributed by atoms with Gasteiger partial charge in [-0.1, -0.05) is 84.9 Å². The van der Waals surface area contributed by atoms with Crippen molar-refractivity contribution in [2.24, 2.45) is 5.10 Å². The fourth-order valence-electron chi connectivity index (χ4n) is 3.87. The summed E-state index contributed by atoms with van der Waals surface area (Å²) in [7, 11) is 0. The van der Waals surface area contributed by atoms with Crippen LogP contribution in [0.2, 0.25) is 0 Å². The molecule has 0 aromatic heterocycles. The summed E-state index contributed by atoms with van der Waals surface area (Å²) < 4.78 is 5.70. The number of amides is 1. The van der Waals surface area contributed by atoms with Gasteiger partial charge in [0, 0.05) is 11.1 Å². The molecule has 5 rings (SSSR count). The molecule has 5 aromatic rings. The van der Waals surface area contributed by atoms with Gasteiger partial charge >= 0.3 is 5.97 Å². The zero-order valence-electron chi connectivity index (χ0n) is 18.1. The van der Waals surface area contributed by atoms with Crippen LogP contribution in [0, 0.1) is 0 Å². The zero-order chi connectivity index (χ0) is 23.3. The Morgan fingerprint density at radius 1 is 0.676 bits per heavy atom. The highest BCUT2D eigenvalue weighted by atomic mass is 16.5. The second-order valence-electron chi connectivity index (χ2n) is 7.68. The smallest absolute Gasteiger partial charge is 0.343 e. The van der Waals surface area contributed by atoms with E-state index < -0.39 is 5.97 Å². The van der Waals surface area contributed by atoms with E-state index in [9.17, 15) is 9.59 Å². The molecule has 0 aliphatic heterocycles. The Hall–Kier alpha value is -4.77. The summed E-state index contributed by atoms with van der Waals surface area (Å²) in [6, 6.07) is 33.4. The number of hydrogen-bond acceptors (Lipinski definition) is 4. The van der Waals surface area contributed by atoms with E-state index in [0.717, 1.165) is 21.5 Å². The second kappa shape index (κ2) is 9.38. The fourth-order valence-corrected chi connectivity index (χ4v) is 3.87. The average molecular weight is 444 g/mol. The van der Waals surface area contributed by atoms with Gasteiger partial charge < -0.3 is 4.74 Å². The highest BCUT2D eigenvalue weighted by Crippen LogP contribution is 2.27. The van der Waals surface area contributed by atoms with Gasteiger partial charge in [-0.15, -0.1) is 0 Å². The summed E-state index contributed by atoms with van der Waals surface area (Å²) in [5.74, 6) is -0.433. The minimum Gasteiger partial charge on any atom is -0.422 e. The number of hydrogen-bond donors (Lipinski definition) is 1. The van der Waals surface area contributed by atoms with Crippen molar-refractivity contribution in [2.45, 2.75) is 0 Å². The Morgan fingerprint density at radius 2 is 1.32 bits per heavy atom. The molecule has 164 valence electrons. The monoisotopic (exact) mass is 444 g/mol.